The topological polar surface area (TPSA) is 50.9 Å². The Morgan fingerprint density at radius 1 is 1.22 bits per heavy atom. The Bertz CT molecular complexity index is 502. The highest BCUT2D eigenvalue weighted by Crippen LogP contribution is 2.21. The molecule has 2 rings (SSSR count). The summed E-state index contributed by atoms with van der Waals surface area (Å²) in [5, 5.41) is 17.8. The van der Waals surface area contributed by atoms with Crippen molar-refractivity contribution in [3.8, 4) is 0 Å². The maximum Gasteiger partial charge on any atom is 0.122 e. The largest absolute Gasteiger partial charge is 0.382 e. The van der Waals surface area contributed by atoms with Gasteiger partial charge in [0.05, 0.1) is 11.9 Å². The molecule has 1 atom stereocenters. The Morgan fingerprint density at radius 3 is 2.39 bits per heavy atom. The Balaban J connectivity index is 2.17. The van der Waals surface area contributed by atoms with Gasteiger partial charge in [0.1, 0.15) is 6.10 Å². The molecule has 18 heavy (non-hydrogen) atoms. The summed E-state index contributed by atoms with van der Waals surface area (Å²) in [4.78, 5) is 0. The van der Waals surface area contributed by atoms with Crippen molar-refractivity contribution in [2.75, 3.05) is 0 Å². The molecule has 0 aliphatic rings. The molecule has 96 valence electrons. The SMILES string of the molecule is CC(C)Cc1ccc(C(O)c2cnnn2C)cc1. The van der Waals surface area contributed by atoms with Gasteiger partial charge in [0.2, 0.25) is 0 Å². The zero-order valence-corrected chi connectivity index (χ0v) is 11.0. The molecule has 0 aliphatic carbocycles. The molecule has 2 aromatic rings. The molecule has 0 amide bonds. The van der Waals surface area contributed by atoms with Gasteiger partial charge in [-0.05, 0) is 23.5 Å². The van der Waals surface area contributed by atoms with Crippen molar-refractivity contribution in [1.29, 1.82) is 0 Å². The summed E-state index contributed by atoms with van der Waals surface area (Å²) < 4.78 is 1.59. The fourth-order valence-corrected chi connectivity index (χ4v) is 2.02. The van der Waals surface area contributed by atoms with Gasteiger partial charge in [-0.2, -0.15) is 0 Å². The van der Waals surface area contributed by atoms with Crippen molar-refractivity contribution < 1.29 is 5.11 Å². The normalized spacial score (nSPS) is 12.9. The Hall–Kier alpha value is -1.68. The second-order valence-corrected chi connectivity index (χ2v) is 5.02. The number of hydrogen-bond acceptors (Lipinski definition) is 3. The highest BCUT2D eigenvalue weighted by atomic mass is 16.3. The summed E-state index contributed by atoms with van der Waals surface area (Å²) in [6, 6.07) is 8.08. The van der Waals surface area contributed by atoms with Crippen molar-refractivity contribution in [3.63, 3.8) is 0 Å². The van der Waals surface area contributed by atoms with Crippen LogP contribution in [0.5, 0.6) is 0 Å². The third-order valence-corrected chi connectivity index (χ3v) is 2.97. The van der Waals surface area contributed by atoms with Crippen LogP contribution in [0.3, 0.4) is 0 Å². The smallest absolute Gasteiger partial charge is 0.122 e. The van der Waals surface area contributed by atoms with Crippen LogP contribution in [0.4, 0.5) is 0 Å². The van der Waals surface area contributed by atoms with E-state index in [2.05, 4.69) is 36.3 Å². The minimum Gasteiger partial charge on any atom is -0.382 e. The van der Waals surface area contributed by atoms with Crippen molar-refractivity contribution >= 4 is 0 Å². The highest BCUT2D eigenvalue weighted by molar-refractivity contribution is 5.28. The van der Waals surface area contributed by atoms with Gasteiger partial charge in [-0.25, -0.2) is 4.68 Å². The van der Waals surface area contributed by atoms with E-state index in [9.17, 15) is 5.11 Å². The van der Waals surface area contributed by atoms with Crippen LogP contribution in [0.15, 0.2) is 30.5 Å². The second kappa shape index (κ2) is 5.31. The van der Waals surface area contributed by atoms with Gasteiger partial charge < -0.3 is 5.11 Å². The van der Waals surface area contributed by atoms with Gasteiger partial charge in [-0.15, -0.1) is 5.10 Å². The van der Waals surface area contributed by atoms with Gasteiger partial charge in [0.25, 0.3) is 0 Å². The van der Waals surface area contributed by atoms with E-state index in [1.54, 1.807) is 17.9 Å². The molecule has 4 nitrogen and oxygen atoms in total. The third-order valence-electron chi connectivity index (χ3n) is 2.97. The quantitative estimate of drug-likeness (QED) is 0.897. The number of aliphatic hydroxyl groups excluding tert-OH is 1. The molecule has 4 heteroatoms. The fraction of sp³-hybridized carbons (Fsp3) is 0.429. The number of rotatable bonds is 4. The lowest BCUT2D eigenvalue weighted by molar-refractivity contribution is 0.209. The first-order valence-corrected chi connectivity index (χ1v) is 6.19. The van der Waals surface area contributed by atoms with Crippen molar-refractivity contribution in [1.82, 2.24) is 15.0 Å². The molecular weight excluding hydrogens is 226 g/mol. The molecule has 0 saturated carbocycles. The predicted octanol–water partition coefficient (Wildman–Crippen LogP) is 2.10. The van der Waals surface area contributed by atoms with Crippen LogP contribution < -0.4 is 0 Å². The monoisotopic (exact) mass is 245 g/mol. The molecule has 0 spiro atoms. The van der Waals surface area contributed by atoms with Crippen LogP contribution in [0.25, 0.3) is 0 Å². The molecule has 1 heterocycles. The van der Waals surface area contributed by atoms with Crippen LogP contribution >= 0.6 is 0 Å². The maximum atomic E-state index is 10.2. The van der Waals surface area contributed by atoms with Crippen LogP contribution in [0.1, 0.15) is 36.8 Å². The van der Waals surface area contributed by atoms with Crippen molar-refractivity contribution in [3.05, 3.63) is 47.3 Å². The van der Waals surface area contributed by atoms with Gasteiger partial charge >= 0.3 is 0 Å². The van der Waals surface area contributed by atoms with Gasteiger partial charge in [0.15, 0.2) is 0 Å². The summed E-state index contributed by atoms with van der Waals surface area (Å²) in [6.07, 6.45) is 1.98. The number of aryl methyl sites for hydroxylation is 1. The lowest BCUT2D eigenvalue weighted by Crippen LogP contribution is -2.06. The number of benzene rings is 1. The van der Waals surface area contributed by atoms with Crippen LogP contribution in [-0.4, -0.2) is 20.1 Å². The minimum atomic E-state index is -0.668. The zero-order valence-electron chi connectivity index (χ0n) is 11.0. The summed E-state index contributed by atoms with van der Waals surface area (Å²) >= 11 is 0. The van der Waals surface area contributed by atoms with Gasteiger partial charge in [-0.3, -0.25) is 0 Å². The molecule has 1 N–H and O–H groups in total. The Kier molecular flexibility index (Phi) is 3.77. The lowest BCUT2D eigenvalue weighted by Gasteiger charge is -2.12. The summed E-state index contributed by atoms with van der Waals surface area (Å²) in [6.45, 7) is 4.40. The number of aliphatic hydroxyl groups is 1. The molecule has 0 fully saturated rings. The number of hydrogen-bond donors (Lipinski definition) is 1. The van der Waals surface area contributed by atoms with E-state index in [0.29, 0.717) is 11.6 Å². The zero-order chi connectivity index (χ0) is 13.1. The molecule has 1 aromatic heterocycles. The lowest BCUT2D eigenvalue weighted by atomic mass is 9.99. The predicted molar refractivity (Wildman–Crippen MR) is 70.0 cm³/mol. The van der Waals surface area contributed by atoms with E-state index in [1.807, 2.05) is 12.1 Å². The average molecular weight is 245 g/mol. The highest BCUT2D eigenvalue weighted by Gasteiger charge is 2.14. The maximum absolute atomic E-state index is 10.2. The van der Waals surface area contributed by atoms with Gasteiger partial charge in [-0.1, -0.05) is 43.3 Å². The standard InChI is InChI=1S/C14H19N3O/c1-10(2)8-11-4-6-12(7-5-11)14(18)13-9-15-16-17(13)3/h4-7,9-10,14,18H,8H2,1-3H3. The second-order valence-electron chi connectivity index (χ2n) is 5.02. The minimum absolute atomic E-state index is 0.641. The Labute approximate surface area is 107 Å². The van der Waals surface area contributed by atoms with E-state index in [-0.39, 0.29) is 0 Å². The van der Waals surface area contributed by atoms with E-state index in [4.69, 9.17) is 0 Å². The third kappa shape index (κ3) is 2.76. The first kappa shape index (κ1) is 12.8. The molecule has 0 bridgehead atoms. The summed E-state index contributed by atoms with van der Waals surface area (Å²) in [5.74, 6) is 0.641. The number of aromatic nitrogens is 3. The van der Waals surface area contributed by atoms with E-state index in [1.165, 1.54) is 5.56 Å². The first-order valence-electron chi connectivity index (χ1n) is 6.19. The van der Waals surface area contributed by atoms with E-state index < -0.39 is 6.10 Å². The fourth-order valence-electron chi connectivity index (χ4n) is 2.02. The van der Waals surface area contributed by atoms with Crippen LogP contribution in [0.2, 0.25) is 0 Å². The molecule has 0 radical (unpaired) electrons. The van der Waals surface area contributed by atoms with Crippen LogP contribution in [0, 0.1) is 5.92 Å². The molecule has 0 aliphatic heterocycles. The van der Waals surface area contributed by atoms with Crippen molar-refractivity contribution in [2.24, 2.45) is 13.0 Å². The number of nitrogens with zero attached hydrogens (tertiary/aromatic N) is 3. The molecule has 1 unspecified atom stereocenters. The summed E-state index contributed by atoms with van der Waals surface area (Å²) in [5.41, 5.74) is 2.86. The Morgan fingerprint density at radius 2 is 1.89 bits per heavy atom. The van der Waals surface area contributed by atoms with E-state index >= 15 is 0 Å². The van der Waals surface area contributed by atoms with Crippen LogP contribution in [-0.2, 0) is 13.5 Å². The average Bonchev–Trinajstić information content (AvgIpc) is 2.75. The first-order chi connectivity index (χ1) is 8.58. The molecule has 0 saturated heterocycles. The molecular formula is C14H19N3O. The van der Waals surface area contributed by atoms with Crippen molar-refractivity contribution in [2.45, 2.75) is 26.4 Å². The summed E-state index contributed by atoms with van der Waals surface area (Å²) in [7, 11) is 1.78. The molecule has 1 aromatic carbocycles. The van der Waals surface area contributed by atoms with Gasteiger partial charge in [0, 0.05) is 7.05 Å². The van der Waals surface area contributed by atoms with E-state index in [0.717, 1.165) is 12.0 Å².